The van der Waals surface area contributed by atoms with E-state index >= 15 is 0 Å². The number of hydrogen-bond acceptors (Lipinski definition) is 4. The largest absolute Gasteiger partial charge is 0.488 e. The fourth-order valence-electron chi connectivity index (χ4n) is 2.50. The van der Waals surface area contributed by atoms with Gasteiger partial charge < -0.3 is 4.74 Å². The molecule has 0 bridgehead atoms. The highest BCUT2D eigenvalue weighted by Crippen LogP contribution is 2.26. The maximum Gasteiger partial charge on any atom is 0.274 e. The Balaban J connectivity index is 1.62. The van der Waals surface area contributed by atoms with Gasteiger partial charge in [-0.05, 0) is 57.9 Å². The summed E-state index contributed by atoms with van der Waals surface area (Å²) in [6.45, 7) is 0.258. The van der Waals surface area contributed by atoms with Crippen molar-refractivity contribution >= 4 is 28.1 Å². The summed E-state index contributed by atoms with van der Waals surface area (Å²) in [5, 5.41) is 13.0. The van der Waals surface area contributed by atoms with E-state index in [2.05, 4.69) is 32.5 Å². The summed E-state index contributed by atoms with van der Waals surface area (Å²) in [6.07, 6.45) is 1.44. The minimum absolute atomic E-state index is 0.0766. The summed E-state index contributed by atoms with van der Waals surface area (Å²) >= 11 is 3.43. The molecule has 0 unspecified atom stereocenters. The highest BCUT2D eigenvalue weighted by atomic mass is 79.9. The van der Waals surface area contributed by atoms with Crippen LogP contribution in [0, 0.1) is 17.1 Å². The van der Waals surface area contributed by atoms with Crippen LogP contribution in [0.25, 0.3) is 0 Å². The van der Waals surface area contributed by atoms with Gasteiger partial charge in [-0.25, -0.2) is 9.82 Å². The third kappa shape index (κ3) is 5.27. The molecule has 1 N–H and O–H groups in total. The zero-order valence-corrected chi connectivity index (χ0v) is 16.7. The summed E-state index contributed by atoms with van der Waals surface area (Å²) < 4.78 is 20.1. The van der Waals surface area contributed by atoms with Crippen LogP contribution in [0.15, 0.2) is 76.3 Å². The first kappa shape index (κ1) is 20.2. The summed E-state index contributed by atoms with van der Waals surface area (Å²) in [7, 11) is 0. The monoisotopic (exact) mass is 451 g/mol. The Bertz CT molecular complexity index is 1110. The molecule has 1 amide bonds. The van der Waals surface area contributed by atoms with Crippen molar-refractivity contribution in [2.45, 2.75) is 6.61 Å². The number of rotatable bonds is 6. The van der Waals surface area contributed by atoms with Crippen molar-refractivity contribution in [2.75, 3.05) is 0 Å². The Morgan fingerprint density at radius 1 is 1.17 bits per heavy atom. The second kappa shape index (κ2) is 9.62. The molecule has 0 atom stereocenters. The number of hydrogen-bond donors (Lipinski definition) is 1. The normalized spacial score (nSPS) is 10.5. The molecular weight excluding hydrogens is 437 g/mol. The van der Waals surface area contributed by atoms with Crippen LogP contribution in [0.2, 0.25) is 0 Å². The number of amides is 1. The average molecular weight is 452 g/mol. The van der Waals surface area contributed by atoms with E-state index in [4.69, 9.17) is 10.00 Å². The number of carbonyl (C=O) groups excluding carboxylic acids is 1. The first-order valence-corrected chi connectivity index (χ1v) is 9.36. The van der Waals surface area contributed by atoms with Crippen molar-refractivity contribution in [3.05, 3.63) is 99.3 Å². The molecule has 0 aromatic heterocycles. The van der Waals surface area contributed by atoms with Gasteiger partial charge >= 0.3 is 0 Å². The molecule has 0 aliphatic carbocycles. The van der Waals surface area contributed by atoms with Crippen LogP contribution >= 0.6 is 15.9 Å². The first-order chi connectivity index (χ1) is 14.1. The Hall–Kier alpha value is -3.50. The van der Waals surface area contributed by atoms with Gasteiger partial charge in [0.1, 0.15) is 18.2 Å². The molecule has 29 heavy (non-hydrogen) atoms. The van der Waals surface area contributed by atoms with Gasteiger partial charge in [0.2, 0.25) is 0 Å². The second-order valence-corrected chi connectivity index (χ2v) is 6.78. The van der Waals surface area contributed by atoms with Crippen molar-refractivity contribution in [2.24, 2.45) is 5.10 Å². The Morgan fingerprint density at radius 3 is 2.69 bits per heavy atom. The Kier molecular flexibility index (Phi) is 6.72. The highest BCUT2D eigenvalue weighted by molar-refractivity contribution is 9.10. The Morgan fingerprint density at radius 2 is 1.93 bits per heavy atom. The first-order valence-electron chi connectivity index (χ1n) is 8.57. The lowest BCUT2D eigenvalue weighted by molar-refractivity contribution is 0.0951. The maximum atomic E-state index is 13.6. The van der Waals surface area contributed by atoms with Crippen LogP contribution < -0.4 is 10.2 Å². The predicted molar refractivity (Wildman–Crippen MR) is 111 cm³/mol. The number of nitrogens with one attached hydrogen (secondary N) is 1. The quantitative estimate of drug-likeness (QED) is 0.431. The highest BCUT2D eigenvalue weighted by Gasteiger charge is 2.09. The number of nitriles is 1. The number of halogens is 2. The van der Waals surface area contributed by atoms with E-state index in [1.54, 1.807) is 36.4 Å². The lowest BCUT2D eigenvalue weighted by Gasteiger charge is -2.10. The van der Waals surface area contributed by atoms with Crippen molar-refractivity contribution in [1.82, 2.24) is 5.43 Å². The fraction of sp³-hybridized carbons (Fsp3) is 0.0455. The summed E-state index contributed by atoms with van der Waals surface area (Å²) in [4.78, 5) is 11.9. The summed E-state index contributed by atoms with van der Waals surface area (Å²) in [5.74, 6) is -0.637. The molecular formula is C22H15BrFN3O2. The number of nitrogens with zero attached hydrogens (tertiary/aromatic N) is 2. The molecule has 3 rings (SSSR count). The van der Waals surface area contributed by atoms with Crippen LogP contribution in [0.4, 0.5) is 4.39 Å². The zero-order chi connectivity index (χ0) is 20.6. The second-order valence-electron chi connectivity index (χ2n) is 5.93. The lowest BCUT2D eigenvalue weighted by Crippen LogP contribution is -2.18. The van der Waals surface area contributed by atoms with Gasteiger partial charge in [0.25, 0.3) is 5.91 Å². The van der Waals surface area contributed by atoms with Crippen molar-refractivity contribution in [3.63, 3.8) is 0 Å². The molecule has 7 heteroatoms. The van der Waals surface area contributed by atoms with Gasteiger partial charge in [-0.3, -0.25) is 4.79 Å². The van der Waals surface area contributed by atoms with Crippen molar-refractivity contribution < 1.29 is 13.9 Å². The molecule has 0 saturated heterocycles. The van der Waals surface area contributed by atoms with E-state index < -0.39 is 11.7 Å². The van der Waals surface area contributed by atoms with Crippen molar-refractivity contribution in [3.8, 4) is 11.8 Å². The molecule has 0 aliphatic rings. The van der Waals surface area contributed by atoms with Crippen LogP contribution in [0.3, 0.4) is 0 Å². The van der Waals surface area contributed by atoms with Crippen molar-refractivity contribution in [1.29, 1.82) is 5.26 Å². The number of hydrazone groups is 1. The third-order valence-electron chi connectivity index (χ3n) is 3.98. The minimum atomic E-state index is -0.630. The number of benzene rings is 3. The lowest BCUT2D eigenvalue weighted by atomic mass is 10.1. The summed E-state index contributed by atoms with van der Waals surface area (Å²) in [5.41, 5.74) is 4.28. The van der Waals surface area contributed by atoms with Crippen LogP contribution in [0.5, 0.6) is 5.75 Å². The van der Waals surface area contributed by atoms with E-state index in [1.165, 1.54) is 24.4 Å². The molecule has 5 nitrogen and oxygen atoms in total. The van der Waals surface area contributed by atoms with Crippen LogP contribution in [-0.2, 0) is 6.61 Å². The third-order valence-corrected chi connectivity index (χ3v) is 4.59. The Labute approximate surface area is 175 Å². The molecule has 3 aromatic carbocycles. The van der Waals surface area contributed by atoms with Gasteiger partial charge in [-0.2, -0.15) is 10.4 Å². The zero-order valence-electron chi connectivity index (χ0n) is 15.1. The van der Waals surface area contributed by atoms with E-state index in [9.17, 15) is 9.18 Å². The fourth-order valence-corrected chi connectivity index (χ4v) is 3.01. The average Bonchev–Trinajstić information content (AvgIpc) is 2.73. The van der Waals surface area contributed by atoms with Crippen LogP contribution in [0.1, 0.15) is 27.0 Å². The maximum absolute atomic E-state index is 13.6. The minimum Gasteiger partial charge on any atom is -0.488 e. The van der Waals surface area contributed by atoms with E-state index in [0.717, 1.165) is 5.56 Å². The van der Waals surface area contributed by atoms with Crippen LogP contribution in [-0.4, -0.2) is 12.1 Å². The molecule has 0 heterocycles. The predicted octanol–water partition coefficient (Wildman–Crippen LogP) is 4.80. The molecule has 3 aromatic rings. The van der Waals surface area contributed by atoms with Gasteiger partial charge in [-0.1, -0.05) is 30.3 Å². The molecule has 0 saturated carbocycles. The van der Waals surface area contributed by atoms with Gasteiger partial charge in [0.15, 0.2) is 0 Å². The summed E-state index contributed by atoms with van der Waals surface area (Å²) in [6, 6.07) is 20.3. The standard InChI is InChI=1S/C22H15BrFN3O2/c23-19-11-15(13-26-27-22(28)18-7-3-4-8-20(18)24)9-10-21(19)29-14-17-6-2-1-5-16(17)12-25/h1-11,13H,14H2,(H,27,28)/b26-13-. The molecule has 0 fully saturated rings. The van der Waals surface area contributed by atoms with E-state index in [-0.39, 0.29) is 12.2 Å². The van der Waals surface area contributed by atoms with Gasteiger partial charge in [0.05, 0.1) is 27.9 Å². The number of ether oxygens (including phenoxy) is 1. The molecule has 144 valence electrons. The van der Waals surface area contributed by atoms with E-state index in [0.29, 0.717) is 21.3 Å². The van der Waals surface area contributed by atoms with Gasteiger partial charge in [0, 0.05) is 5.56 Å². The number of carbonyl (C=O) groups is 1. The molecule has 0 aliphatic heterocycles. The SMILES string of the molecule is N#Cc1ccccc1COc1ccc(/C=N\NC(=O)c2ccccc2F)cc1Br. The molecule has 0 radical (unpaired) electrons. The smallest absolute Gasteiger partial charge is 0.274 e. The molecule has 0 spiro atoms. The van der Waals surface area contributed by atoms with Gasteiger partial charge in [-0.15, -0.1) is 0 Å². The topological polar surface area (TPSA) is 74.5 Å². The van der Waals surface area contributed by atoms with E-state index in [1.807, 2.05) is 12.1 Å².